The summed E-state index contributed by atoms with van der Waals surface area (Å²) in [6, 6.07) is 5.32. The maximum atomic E-state index is 12.0. The average molecular weight is 301 g/mol. The van der Waals surface area contributed by atoms with Crippen LogP contribution in [0.4, 0.5) is 0 Å². The van der Waals surface area contributed by atoms with Gasteiger partial charge in [0.15, 0.2) is 0 Å². The third-order valence-corrected chi connectivity index (χ3v) is 5.46. The number of rotatable bonds is 5. The first kappa shape index (κ1) is 13.8. The zero-order valence-electron chi connectivity index (χ0n) is 9.86. The highest BCUT2D eigenvalue weighted by atomic mass is 32.2. The Hall–Kier alpha value is -1.64. The Morgan fingerprint density at radius 2 is 2.16 bits per heavy atom. The summed E-state index contributed by atoms with van der Waals surface area (Å²) < 4.78 is 31.6. The molecule has 0 saturated carbocycles. The molecule has 2 heterocycles. The number of hydrogen-bond donors (Lipinski definition) is 2. The van der Waals surface area contributed by atoms with Gasteiger partial charge in [-0.05, 0) is 31.2 Å². The van der Waals surface area contributed by atoms with Crippen molar-refractivity contribution in [1.29, 1.82) is 0 Å². The van der Waals surface area contributed by atoms with E-state index < -0.39 is 22.0 Å². The summed E-state index contributed by atoms with van der Waals surface area (Å²) in [5, 5.41) is 8.78. The number of thiophene rings is 1. The SMILES string of the molecule is CC(NS(=O)(=O)c1ccc(C(=O)O)s1)c1ccco1. The third-order valence-electron chi connectivity index (χ3n) is 2.36. The molecule has 0 radical (unpaired) electrons. The Bertz CT molecular complexity index is 672. The van der Waals surface area contributed by atoms with Crippen molar-refractivity contribution in [3.8, 4) is 0 Å². The van der Waals surface area contributed by atoms with Crippen molar-refractivity contribution < 1.29 is 22.7 Å². The van der Waals surface area contributed by atoms with Crippen molar-refractivity contribution in [3.63, 3.8) is 0 Å². The molecule has 0 amide bonds. The van der Waals surface area contributed by atoms with Crippen LogP contribution in [0.1, 0.15) is 28.4 Å². The minimum atomic E-state index is -3.75. The molecule has 102 valence electrons. The van der Waals surface area contributed by atoms with Crippen LogP contribution in [0.15, 0.2) is 39.2 Å². The van der Waals surface area contributed by atoms with Crippen molar-refractivity contribution in [3.05, 3.63) is 41.2 Å². The molecule has 0 aliphatic rings. The molecule has 1 unspecified atom stereocenters. The average Bonchev–Trinajstić information content (AvgIpc) is 3.00. The normalized spacial score (nSPS) is 13.3. The van der Waals surface area contributed by atoms with Crippen molar-refractivity contribution in [2.45, 2.75) is 17.2 Å². The van der Waals surface area contributed by atoms with E-state index in [1.54, 1.807) is 19.1 Å². The summed E-state index contributed by atoms with van der Waals surface area (Å²) in [6.07, 6.45) is 1.45. The molecule has 0 bridgehead atoms. The lowest BCUT2D eigenvalue weighted by Gasteiger charge is -2.10. The fourth-order valence-electron chi connectivity index (χ4n) is 1.47. The lowest BCUT2D eigenvalue weighted by atomic mass is 10.3. The summed E-state index contributed by atoms with van der Waals surface area (Å²) in [7, 11) is -3.75. The van der Waals surface area contributed by atoms with Gasteiger partial charge in [-0.15, -0.1) is 11.3 Å². The number of nitrogens with one attached hydrogen (secondary N) is 1. The van der Waals surface area contributed by atoms with Gasteiger partial charge in [0.2, 0.25) is 0 Å². The van der Waals surface area contributed by atoms with Gasteiger partial charge in [0.05, 0.1) is 12.3 Å². The number of sulfonamides is 1. The molecule has 0 aromatic carbocycles. The Balaban J connectivity index is 2.20. The summed E-state index contributed by atoms with van der Waals surface area (Å²) in [5.74, 6) is -0.663. The van der Waals surface area contributed by atoms with Gasteiger partial charge in [-0.25, -0.2) is 17.9 Å². The van der Waals surface area contributed by atoms with E-state index in [0.717, 1.165) is 0 Å². The molecule has 0 fully saturated rings. The monoisotopic (exact) mass is 301 g/mol. The quantitative estimate of drug-likeness (QED) is 0.881. The highest BCUT2D eigenvalue weighted by molar-refractivity contribution is 7.91. The molecule has 0 aliphatic heterocycles. The molecule has 2 rings (SSSR count). The zero-order chi connectivity index (χ0) is 14.0. The van der Waals surface area contributed by atoms with Crippen LogP contribution in [-0.4, -0.2) is 19.5 Å². The maximum absolute atomic E-state index is 12.0. The molecule has 1 atom stereocenters. The molecule has 2 aromatic heterocycles. The van der Waals surface area contributed by atoms with Crippen molar-refractivity contribution in [1.82, 2.24) is 4.72 Å². The first-order chi connectivity index (χ1) is 8.90. The number of carboxylic acid groups (broad SMARTS) is 1. The molecule has 0 spiro atoms. The lowest BCUT2D eigenvalue weighted by Crippen LogP contribution is -2.25. The fourth-order valence-corrected chi connectivity index (χ4v) is 3.84. The van der Waals surface area contributed by atoms with Gasteiger partial charge in [0, 0.05) is 0 Å². The molecular formula is C11H11NO5S2. The summed E-state index contributed by atoms with van der Waals surface area (Å²) in [6.45, 7) is 1.64. The first-order valence-corrected chi connectivity index (χ1v) is 7.59. The highest BCUT2D eigenvalue weighted by Crippen LogP contribution is 2.23. The van der Waals surface area contributed by atoms with Crippen LogP contribution in [-0.2, 0) is 10.0 Å². The van der Waals surface area contributed by atoms with Gasteiger partial charge in [-0.2, -0.15) is 0 Å². The van der Waals surface area contributed by atoms with E-state index in [4.69, 9.17) is 9.52 Å². The van der Waals surface area contributed by atoms with E-state index in [0.29, 0.717) is 17.1 Å². The van der Waals surface area contributed by atoms with E-state index in [9.17, 15) is 13.2 Å². The second kappa shape index (κ2) is 5.16. The second-order valence-corrected chi connectivity index (χ2v) is 6.81. The van der Waals surface area contributed by atoms with Gasteiger partial charge >= 0.3 is 5.97 Å². The topological polar surface area (TPSA) is 96.6 Å². The number of aromatic carboxylic acids is 1. The predicted octanol–water partition coefficient (Wildman–Crippen LogP) is 2.08. The van der Waals surface area contributed by atoms with Gasteiger partial charge in [0.25, 0.3) is 10.0 Å². The standard InChI is InChI=1S/C11H11NO5S2/c1-7(8-3-2-6-17-8)12-19(15,16)10-5-4-9(18-10)11(13)14/h2-7,12H,1H3,(H,13,14). The molecule has 0 aliphatic carbocycles. The molecule has 6 nitrogen and oxygen atoms in total. The van der Waals surface area contributed by atoms with E-state index in [-0.39, 0.29) is 9.09 Å². The van der Waals surface area contributed by atoms with E-state index >= 15 is 0 Å². The number of carboxylic acids is 1. The van der Waals surface area contributed by atoms with Crippen LogP contribution in [0.5, 0.6) is 0 Å². The largest absolute Gasteiger partial charge is 0.477 e. The minimum Gasteiger partial charge on any atom is -0.477 e. The first-order valence-electron chi connectivity index (χ1n) is 5.29. The van der Waals surface area contributed by atoms with Crippen LogP contribution >= 0.6 is 11.3 Å². The molecule has 0 saturated heterocycles. The van der Waals surface area contributed by atoms with Crippen LogP contribution in [0.2, 0.25) is 0 Å². The summed E-state index contributed by atoms with van der Waals surface area (Å²) in [4.78, 5) is 10.7. The van der Waals surface area contributed by atoms with Crippen LogP contribution in [0.25, 0.3) is 0 Å². The summed E-state index contributed by atoms with van der Waals surface area (Å²) in [5.41, 5.74) is 0. The summed E-state index contributed by atoms with van der Waals surface area (Å²) >= 11 is 0.707. The molecule has 2 aromatic rings. The van der Waals surface area contributed by atoms with Crippen LogP contribution < -0.4 is 4.72 Å². The van der Waals surface area contributed by atoms with Gasteiger partial charge in [-0.1, -0.05) is 0 Å². The predicted molar refractivity (Wildman–Crippen MR) is 68.7 cm³/mol. The zero-order valence-corrected chi connectivity index (χ0v) is 11.5. The maximum Gasteiger partial charge on any atom is 0.345 e. The second-order valence-electron chi connectivity index (χ2n) is 3.78. The molecular weight excluding hydrogens is 290 g/mol. The van der Waals surface area contributed by atoms with Crippen LogP contribution in [0.3, 0.4) is 0 Å². The van der Waals surface area contributed by atoms with E-state index in [1.165, 1.54) is 18.4 Å². The third kappa shape index (κ3) is 3.03. The van der Waals surface area contributed by atoms with E-state index in [1.807, 2.05) is 0 Å². The molecule has 8 heteroatoms. The Morgan fingerprint density at radius 3 is 2.68 bits per heavy atom. The minimum absolute atomic E-state index is 0.0222. The van der Waals surface area contributed by atoms with E-state index in [2.05, 4.69) is 4.72 Å². The number of furan rings is 1. The van der Waals surface area contributed by atoms with Gasteiger partial charge < -0.3 is 9.52 Å². The molecule has 19 heavy (non-hydrogen) atoms. The molecule has 2 N–H and O–H groups in total. The smallest absolute Gasteiger partial charge is 0.345 e. The fraction of sp³-hybridized carbons (Fsp3) is 0.182. The van der Waals surface area contributed by atoms with Crippen molar-refractivity contribution in [2.75, 3.05) is 0 Å². The van der Waals surface area contributed by atoms with Gasteiger partial charge in [0.1, 0.15) is 14.8 Å². The van der Waals surface area contributed by atoms with Crippen LogP contribution in [0, 0.1) is 0 Å². The Kier molecular flexibility index (Phi) is 3.74. The Morgan fingerprint density at radius 1 is 1.42 bits per heavy atom. The Labute approximate surface area is 113 Å². The number of carbonyl (C=O) groups is 1. The lowest BCUT2D eigenvalue weighted by molar-refractivity contribution is 0.0702. The number of hydrogen-bond acceptors (Lipinski definition) is 5. The highest BCUT2D eigenvalue weighted by Gasteiger charge is 2.22. The van der Waals surface area contributed by atoms with Crippen molar-refractivity contribution in [2.24, 2.45) is 0 Å². The van der Waals surface area contributed by atoms with Gasteiger partial charge in [-0.3, -0.25) is 0 Å². The van der Waals surface area contributed by atoms with Crippen molar-refractivity contribution >= 4 is 27.3 Å².